The normalized spacial score (nSPS) is 10.3. The molecule has 1 aromatic heterocycles. The molecule has 0 spiro atoms. The molecule has 0 aliphatic carbocycles. The molecule has 2 aromatic rings. The van der Waals surface area contributed by atoms with Crippen molar-refractivity contribution in [1.82, 2.24) is 4.98 Å². The Labute approximate surface area is 116 Å². The molecule has 5 heteroatoms. The van der Waals surface area contributed by atoms with Crippen molar-refractivity contribution < 1.29 is 4.39 Å². The van der Waals surface area contributed by atoms with E-state index in [1.54, 1.807) is 36.2 Å². The van der Waals surface area contributed by atoms with E-state index in [4.69, 9.17) is 18.0 Å². The van der Waals surface area contributed by atoms with Crippen molar-refractivity contribution in [3.63, 3.8) is 0 Å². The third-order valence-corrected chi connectivity index (χ3v) is 3.03. The number of nitrogens with two attached hydrogens (primary N) is 1. The van der Waals surface area contributed by atoms with E-state index < -0.39 is 0 Å². The minimum absolute atomic E-state index is 0.241. The molecule has 98 valence electrons. The van der Waals surface area contributed by atoms with Crippen molar-refractivity contribution in [2.45, 2.75) is 6.92 Å². The van der Waals surface area contributed by atoms with E-state index in [2.05, 4.69) is 4.98 Å². The van der Waals surface area contributed by atoms with Gasteiger partial charge in [-0.25, -0.2) is 9.37 Å². The van der Waals surface area contributed by atoms with Crippen LogP contribution in [0.4, 0.5) is 15.9 Å². The van der Waals surface area contributed by atoms with Crippen LogP contribution in [0.25, 0.3) is 0 Å². The van der Waals surface area contributed by atoms with E-state index in [0.717, 1.165) is 5.69 Å². The van der Waals surface area contributed by atoms with Crippen LogP contribution in [-0.2, 0) is 0 Å². The first-order valence-electron chi connectivity index (χ1n) is 5.76. The predicted octanol–water partition coefficient (Wildman–Crippen LogP) is 2.93. The van der Waals surface area contributed by atoms with E-state index in [1.165, 1.54) is 6.07 Å². The van der Waals surface area contributed by atoms with Crippen molar-refractivity contribution in [1.29, 1.82) is 0 Å². The van der Waals surface area contributed by atoms with Crippen LogP contribution >= 0.6 is 12.2 Å². The summed E-state index contributed by atoms with van der Waals surface area (Å²) in [6, 6.07) is 10.1. The van der Waals surface area contributed by atoms with Crippen molar-refractivity contribution in [3.8, 4) is 0 Å². The number of anilines is 2. The second-order valence-corrected chi connectivity index (χ2v) is 4.64. The average Bonchev–Trinajstić information content (AvgIpc) is 2.38. The first-order chi connectivity index (χ1) is 9.00. The Bertz CT molecular complexity index is 628. The first-order valence-corrected chi connectivity index (χ1v) is 6.17. The summed E-state index contributed by atoms with van der Waals surface area (Å²) < 4.78 is 13.8. The number of hydrogen-bond acceptors (Lipinski definition) is 3. The maximum atomic E-state index is 13.8. The highest BCUT2D eigenvalue weighted by Crippen LogP contribution is 2.27. The molecule has 0 saturated heterocycles. The Morgan fingerprint density at radius 3 is 2.58 bits per heavy atom. The standard InChI is InChI=1S/C14H14FN3S/c1-9-7-8-10(13(16)19)14(17-9)18(2)12-6-4-3-5-11(12)15/h3-8H,1-2H3,(H2,16,19). The van der Waals surface area contributed by atoms with Gasteiger partial charge in [0.1, 0.15) is 16.6 Å². The molecule has 2 N–H and O–H groups in total. The number of hydrogen-bond donors (Lipinski definition) is 1. The van der Waals surface area contributed by atoms with Gasteiger partial charge in [-0.05, 0) is 31.2 Å². The van der Waals surface area contributed by atoms with Crippen molar-refractivity contribution in [3.05, 3.63) is 53.5 Å². The van der Waals surface area contributed by atoms with Crippen LogP contribution in [0.15, 0.2) is 36.4 Å². The Balaban J connectivity index is 2.55. The lowest BCUT2D eigenvalue weighted by molar-refractivity contribution is 0.627. The Kier molecular flexibility index (Phi) is 3.76. The van der Waals surface area contributed by atoms with Gasteiger partial charge < -0.3 is 10.6 Å². The quantitative estimate of drug-likeness (QED) is 0.875. The molecular weight excluding hydrogens is 261 g/mol. The predicted molar refractivity (Wildman–Crippen MR) is 79.3 cm³/mol. The average molecular weight is 275 g/mol. The number of benzene rings is 1. The monoisotopic (exact) mass is 275 g/mol. The van der Waals surface area contributed by atoms with Gasteiger partial charge in [-0.15, -0.1) is 0 Å². The summed E-state index contributed by atoms with van der Waals surface area (Å²) >= 11 is 5.01. The van der Waals surface area contributed by atoms with Crippen LogP contribution < -0.4 is 10.6 Å². The fourth-order valence-corrected chi connectivity index (χ4v) is 1.99. The number of aryl methyl sites for hydroxylation is 1. The largest absolute Gasteiger partial charge is 0.389 e. The zero-order valence-corrected chi connectivity index (χ0v) is 11.5. The summed E-state index contributed by atoms with van der Waals surface area (Å²) in [5.74, 6) is 0.236. The van der Waals surface area contributed by atoms with Crippen LogP contribution in [0, 0.1) is 12.7 Å². The van der Waals surface area contributed by atoms with Gasteiger partial charge in [0.2, 0.25) is 0 Å². The highest BCUT2D eigenvalue weighted by Gasteiger charge is 2.15. The number of aromatic nitrogens is 1. The van der Waals surface area contributed by atoms with Crippen molar-refractivity contribution in [2.24, 2.45) is 5.73 Å². The maximum absolute atomic E-state index is 13.8. The summed E-state index contributed by atoms with van der Waals surface area (Å²) in [4.78, 5) is 6.29. The van der Waals surface area contributed by atoms with E-state index in [0.29, 0.717) is 17.1 Å². The summed E-state index contributed by atoms with van der Waals surface area (Å²) in [5.41, 5.74) is 7.57. The molecule has 0 fully saturated rings. The molecule has 0 radical (unpaired) electrons. The molecule has 19 heavy (non-hydrogen) atoms. The van der Waals surface area contributed by atoms with Gasteiger partial charge in [-0.2, -0.15) is 0 Å². The van der Waals surface area contributed by atoms with E-state index in [1.807, 2.05) is 13.0 Å². The third kappa shape index (κ3) is 2.71. The van der Waals surface area contributed by atoms with Crippen molar-refractivity contribution in [2.75, 3.05) is 11.9 Å². The van der Waals surface area contributed by atoms with Crippen LogP contribution in [0.2, 0.25) is 0 Å². The second-order valence-electron chi connectivity index (χ2n) is 4.20. The highest BCUT2D eigenvalue weighted by atomic mass is 32.1. The summed E-state index contributed by atoms with van der Waals surface area (Å²) in [6.45, 7) is 1.86. The molecule has 2 rings (SSSR count). The second kappa shape index (κ2) is 5.32. The minimum Gasteiger partial charge on any atom is -0.389 e. The van der Waals surface area contributed by atoms with E-state index in [9.17, 15) is 4.39 Å². The van der Waals surface area contributed by atoms with Crippen LogP contribution in [-0.4, -0.2) is 17.0 Å². The van der Waals surface area contributed by atoms with Crippen LogP contribution in [0.5, 0.6) is 0 Å². The third-order valence-electron chi connectivity index (χ3n) is 2.81. The van der Waals surface area contributed by atoms with E-state index in [-0.39, 0.29) is 10.8 Å². The molecule has 1 aromatic carbocycles. The number of para-hydroxylation sites is 1. The Hall–Kier alpha value is -2.01. The molecular formula is C14H14FN3S. The minimum atomic E-state index is -0.317. The van der Waals surface area contributed by atoms with Gasteiger partial charge in [0.15, 0.2) is 0 Å². The number of rotatable bonds is 3. The van der Waals surface area contributed by atoms with Gasteiger partial charge in [0, 0.05) is 12.7 Å². The number of thiocarbonyl (C=S) groups is 1. The van der Waals surface area contributed by atoms with Gasteiger partial charge in [0.25, 0.3) is 0 Å². The lowest BCUT2D eigenvalue weighted by Gasteiger charge is -2.21. The maximum Gasteiger partial charge on any atom is 0.146 e. The van der Waals surface area contributed by atoms with Gasteiger partial charge in [0.05, 0.1) is 11.3 Å². The summed E-state index contributed by atoms with van der Waals surface area (Å²) in [5, 5.41) is 0. The fraction of sp³-hybridized carbons (Fsp3) is 0.143. The van der Waals surface area contributed by atoms with Crippen molar-refractivity contribution >= 4 is 28.7 Å². The zero-order valence-electron chi connectivity index (χ0n) is 10.7. The molecule has 1 heterocycles. The molecule has 0 atom stereocenters. The molecule has 0 amide bonds. The molecule has 0 unspecified atom stereocenters. The van der Waals surface area contributed by atoms with E-state index >= 15 is 0 Å². The Morgan fingerprint density at radius 1 is 1.26 bits per heavy atom. The summed E-state index contributed by atoms with van der Waals surface area (Å²) in [6.07, 6.45) is 0. The smallest absolute Gasteiger partial charge is 0.146 e. The SMILES string of the molecule is Cc1ccc(C(N)=S)c(N(C)c2ccccc2F)n1. The lowest BCUT2D eigenvalue weighted by atomic mass is 10.2. The lowest BCUT2D eigenvalue weighted by Crippen LogP contribution is -2.20. The molecule has 0 saturated carbocycles. The molecule has 0 aliphatic rings. The first kappa shape index (κ1) is 13.4. The zero-order chi connectivity index (χ0) is 14.0. The number of nitrogens with zero attached hydrogens (tertiary/aromatic N) is 2. The topological polar surface area (TPSA) is 42.1 Å². The highest BCUT2D eigenvalue weighted by molar-refractivity contribution is 7.80. The fourth-order valence-electron chi connectivity index (χ4n) is 1.83. The molecule has 0 aliphatic heterocycles. The van der Waals surface area contributed by atoms with Crippen LogP contribution in [0.1, 0.15) is 11.3 Å². The van der Waals surface area contributed by atoms with Gasteiger partial charge >= 0.3 is 0 Å². The number of pyridine rings is 1. The van der Waals surface area contributed by atoms with Gasteiger partial charge in [-0.1, -0.05) is 24.4 Å². The van der Waals surface area contributed by atoms with Crippen LogP contribution in [0.3, 0.4) is 0 Å². The summed E-state index contributed by atoms with van der Waals surface area (Å²) in [7, 11) is 1.74. The Morgan fingerprint density at radius 2 is 1.95 bits per heavy atom. The molecule has 3 nitrogen and oxygen atoms in total. The number of halogens is 1. The van der Waals surface area contributed by atoms with Gasteiger partial charge in [-0.3, -0.25) is 0 Å². The molecule has 0 bridgehead atoms.